The smallest absolute Gasteiger partial charge is 0.242 e. The van der Waals surface area contributed by atoms with Gasteiger partial charge in [-0.05, 0) is 19.1 Å². The van der Waals surface area contributed by atoms with E-state index in [9.17, 15) is 8.42 Å². The van der Waals surface area contributed by atoms with Crippen molar-refractivity contribution >= 4 is 38.8 Å². The highest BCUT2D eigenvalue weighted by Crippen LogP contribution is 2.22. The van der Waals surface area contributed by atoms with Gasteiger partial charge in [-0.25, -0.2) is 13.1 Å². The number of hydrogen-bond acceptors (Lipinski definition) is 6. The number of nitrogens with zero attached hydrogens (tertiary/aromatic N) is 2. The molecule has 0 bridgehead atoms. The number of nitrogens with two attached hydrogens (primary N) is 1. The molecule has 10 heteroatoms. The predicted octanol–water partition coefficient (Wildman–Crippen LogP) is 1.14. The van der Waals surface area contributed by atoms with Gasteiger partial charge in [-0.2, -0.15) is 4.98 Å². The quantitative estimate of drug-likeness (QED) is 0.781. The first-order valence-electron chi connectivity index (χ1n) is 5.68. The van der Waals surface area contributed by atoms with Gasteiger partial charge < -0.3 is 10.3 Å². The highest BCUT2D eigenvalue weighted by atomic mass is 35.5. The van der Waals surface area contributed by atoms with Crippen molar-refractivity contribution in [2.75, 3.05) is 0 Å². The molecule has 21 heavy (non-hydrogen) atoms. The van der Waals surface area contributed by atoms with E-state index in [-0.39, 0.29) is 27.3 Å². The topological polar surface area (TPSA) is 111 Å². The summed E-state index contributed by atoms with van der Waals surface area (Å²) in [5.74, 6) is 0.579. The molecule has 0 fully saturated rings. The van der Waals surface area contributed by atoms with E-state index in [0.717, 1.165) is 0 Å². The molecule has 1 aromatic heterocycles. The van der Waals surface area contributed by atoms with Crippen LogP contribution in [0.5, 0.6) is 0 Å². The van der Waals surface area contributed by atoms with E-state index in [1.165, 1.54) is 18.2 Å². The van der Waals surface area contributed by atoms with Crippen LogP contribution in [-0.4, -0.2) is 23.5 Å². The van der Waals surface area contributed by atoms with Gasteiger partial charge in [0.1, 0.15) is 9.88 Å². The van der Waals surface area contributed by atoms with Crippen LogP contribution in [0.25, 0.3) is 0 Å². The Labute approximate surface area is 131 Å². The van der Waals surface area contributed by atoms with Crippen LogP contribution in [0.2, 0.25) is 5.02 Å². The zero-order chi connectivity index (χ0) is 15.6. The zero-order valence-corrected chi connectivity index (χ0v) is 13.2. The van der Waals surface area contributed by atoms with E-state index in [1.54, 1.807) is 6.92 Å². The number of thiocarbonyl (C=S) groups is 1. The molecule has 0 saturated carbocycles. The molecule has 1 heterocycles. The van der Waals surface area contributed by atoms with E-state index >= 15 is 0 Å². The Balaban J connectivity index is 2.21. The highest BCUT2D eigenvalue weighted by molar-refractivity contribution is 7.89. The van der Waals surface area contributed by atoms with Crippen LogP contribution < -0.4 is 10.5 Å². The summed E-state index contributed by atoms with van der Waals surface area (Å²) in [6, 6.07) is 4.22. The summed E-state index contributed by atoms with van der Waals surface area (Å²) in [4.78, 5) is 3.95. The number of benzene rings is 1. The van der Waals surface area contributed by atoms with Gasteiger partial charge >= 0.3 is 0 Å². The monoisotopic (exact) mass is 346 g/mol. The molecule has 0 spiro atoms. The summed E-state index contributed by atoms with van der Waals surface area (Å²) in [6.07, 6.45) is 0. The van der Waals surface area contributed by atoms with Gasteiger partial charge in [-0.3, -0.25) is 0 Å². The molecule has 0 radical (unpaired) electrons. The third-order valence-corrected chi connectivity index (χ3v) is 4.61. The number of halogens is 1. The fourth-order valence-electron chi connectivity index (χ4n) is 1.52. The molecule has 3 N–H and O–H groups in total. The number of aryl methyl sites for hydroxylation is 1. The first-order valence-corrected chi connectivity index (χ1v) is 7.95. The van der Waals surface area contributed by atoms with Crippen molar-refractivity contribution in [1.29, 1.82) is 0 Å². The van der Waals surface area contributed by atoms with Crippen molar-refractivity contribution in [2.24, 2.45) is 5.73 Å². The zero-order valence-electron chi connectivity index (χ0n) is 10.8. The molecule has 112 valence electrons. The molecule has 0 amide bonds. The van der Waals surface area contributed by atoms with Gasteiger partial charge in [-0.1, -0.05) is 35.0 Å². The van der Waals surface area contributed by atoms with Crippen LogP contribution in [0.3, 0.4) is 0 Å². The van der Waals surface area contributed by atoms with Crippen molar-refractivity contribution in [3.63, 3.8) is 0 Å². The largest absolute Gasteiger partial charge is 0.389 e. The lowest BCUT2D eigenvalue weighted by atomic mass is 10.2. The minimum Gasteiger partial charge on any atom is -0.389 e. The Morgan fingerprint density at radius 2 is 2.24 bits per heavy atom. The van der Waals surface area contributed by atoms with E-state index in [2.05, 4.69) is 14.9 Å². The van der Waals surface area contributed by atoms with Crippen molar-refractivity contribution in [2.45, 2.75) is 18.4 Å². The number of nitrogens with one attached hydrogen (secondary N) is 1. The Kier molecular flexibility index (Phi) is 4.57. The lowest BCUT2D eigenvalue weighted by Crippen LogP contribution is -2.24. The van der Waals surface area contributed by atoms with Gasteiger partial charge in [0.15, 0.2) is 5.82 Å². The Hall–Kier alpha value is -1.55. The molecule has 0 aliphatic rings. The second-order valence-corrected chi connectivity index (χ2v) is 6.65. The molecule has 1 aromatic carbocycles. The molecule has 7 nitrogen and oxygen atoms in total. The average Bonchev–Trinajstić information content (AvgIpc) is 2.82. The molecule has 0 aliphatic carbocycles. The Morgan fingerprint density at radius 3 is 2.76 bits per heavy atom. The van der Waals surface area contributed by atoms with Crippen molar-refractivity contribution < 1.29 is 12.9 Å². The van der Waals surface area contributed by atoms with E-state index in [0.29, 0.717) is 11.4 Å². The summed E-state index contributed by atoms with van der Waals surface area (Å²) >= 11 is 10.8. The number of aromatic nitrogens is 2. The lowest BCUT2D eigenvalue weighted by molar-refractivity contribution is 0.372. The standard InChI is InChI=1S/C11H11ClN4O3S2/c1-6-15-10(19-16-6)5-14-21(17,18)9-3-2-7(11(13)20)4-8(9)12/h2-4,14H,5H2,1H3,(H2,13,20). The molecule has 2 rings (SSSR count). The molecule has 2 aromatic rings. The van der Waals surface area contributed by atoms with E-state index < -0.39 is 10.0 Å². The van der Waals surface area contributed by atoms with Crippen LogP contribution in [0.4, 0.5) is 0 Å². The fraction of sp³-hybridized carbons (Fsp3) is 0.182. The third-order valence-electron chi connectivity index (χ3n) is 2.49. The minimum absolute atomic E-state index is 0.0227. The van der Waals surface area contributed by atoms with Gasteiger partial charge in [0.2, 0.25) is 15.9 Å². The third kappa shape index (κ3) is 3.76. The summed E-state index contributed by atoms with van der Waals surface area (Å²) in [5, 5.41) is 3.59. The van der Waals surface area contributed by atoms with Gasteiger partial charge in [0.05, 0.1) is 11.6 Å². The molecular weight excluding hydrogens is 336 g/mol. The van der Waals surface area contributed by atoms with Crippen molar-refractivity contribution in [3.05, 3.63) is 40.5 Å². The van der Waals surface area contributed by atoms with Gasteiger partial charge in [0.25, 0.3) is 0 Å². The van der Waals surface area contributed by atoms with Crippen LogP contribution in [0.15, 0.2) is 27.6 Å². The lowest BCUT2D eigenvalue weighted by Gasteiger charge is -2.08. The number of rotatable bonds is 5. The molecule has 0 aliphatic heterocycles. The van der Waals surface area contributed by atoms with Crippen molar-refractivity contribution in [1.82, 2.24) is 14.9 Å². The molecule has 0 unspecified atom stereocenters. The molecule has 0 atom stereocenters. The Morgan fingerprint density at radius 1 is 1.52 bits per heavy atom. The van der Waals surface area contributed by atoms with Crippen LogP contribution in [-0.2, 0) is 16.6 Å². The normalized spacial score (nSPS) is 11.5. The number of hydrogen-bond donors (Lipinski definition) is 2. The maximum absolute atomic E-state index is 12.2. The minimum atomic E-state index is -3.82. The van der Waals surface area contributed by atoms with E-state index in [4.69, 9.17) is 34.1 Å². The predicted molar refractivity (Wildman–Crippen MR) is 80.4 cm³/mol. The van der Waals surface area contributed by atoms with Crippen LogP contribution in [0.1, 0.15) is 17.3 Å². The Bertz CT molecular complexity index is 789. The summed E-state index contributed by atoms with van der Waals surface area (Å²) in [7, 11) is -3.82. The maximum atomic E-state index is 12.2. The number of sulfonamides is 1. The summed E-state index contributed by atoms with van der Waals surface area (Å²) in [5.41, 5.74) is 5.95. The van der Waals surface area contributed by atoms with E-state index in [1.807, 2.05) is 0 Å². The molecule has 0 saturated heterocycles. The summed E-state index contributed by atoms with van der Waals surface area (Å²) in [6.45, 7) is 1.50. The average molecular weight is 347 g/mol. The van der Waals surface area contributed by atoms with Gasteiger partial charge in [-0.15, -0.1) is 0 Å². The first kappa shape index (κ1) is 15.8. The fourth-order valence-corrected chi connectivity index (χ4v) is 3.16. The van der Waals surface area contributed by atoms with Crippen molar-refractivity contribution in [3.8, 4) is 0 Å². The maximum Gasteiger partial charge on any atom is 0.242 e. The van der Waals surface area contributed by atoms with Crippen LogP contribution in [0, 0.1) is 6.92 Å². The summed E-state index contributed by atoms with van der Waals surface area (Å²) < 4.78 is 31.5. The van der Waals surface area contributed by atoms with Gasteiger partial charge in [0, 0.05) is 5.56 Å². The first-order chi connectivity index (χ1) is 9.79. The SMILES string of the molecule is Cc1noc(CNS(=O)(=O)c2ccc(C(N)=S)cc2Cl)n1. The molecular formula is C11H11ClN4O3S2. The second kappa shape index (κ2) is 6.06. The highest BCUT2D eigenvalue weighted by Gasteiger charge is 2.19. The van der Waals surface area contributed by atoms with Crippen LogP contribution >= 0.6 is 23.8 Å². The second-order valence-electron chi connectivity index (χ2n) is 4.07.